The molecule has 4 heteroatoms. The molecule has 1 saturated heterocycles. The van der Waals surface area contributed by atoms with E-state index < -0.39 is 0 Å². The number of benzene rings is 1. The van der Waals surface area contributed by atoms with Crippen molar-refractivity contribution in [3.63, 3.8) is 0 Å². The number of nitrogens with zero attached hydrogens (tertiary/aromatic N) is 2. The van der Waals surface area contributed by atoms with Crippen molar-refractivity contribution in [2.75, 3.05) is 26.7 Å². The van der Waals surface area contributed by atoms with E-state index in [1.807, 2.05) is 17.0 Å². The second-order valence-electron chi connectivity index (χ2n) is 6.64. The quantitative estimate of drug-likeness (QED) is 0.857. The summed E-state index contributed by atoms with van der Waals surface area (Å²) in [5.41, 5.74) is 2.58. The van der Waals surface area contributed by atoms with Crippen LogP contribution in [0.4, 0.5) is 0 Å². The number of methoxy groups -OCH3 is 1. The molecule has 1 aromatic rings. The molecule has 0 spiro atoms. The first-order valence-corrected chi connectivity index (χ1v) is 8.48. The van der Waals surface area contributed by atoms with E-state index in [0.717, 1.165) is 38.2 Å². The van der Waals surface area contributed by atoms with Crippen molar-refractivity contribution in [1.82, 2.24) is 9.80 Å². The van der Waals surface area contributed by atoms with Crippen molar-refractivity contribution < 1.29 is 9.53 Å². The van der Waals surface area contributed by atoms with Gasteiger partial charge in [0.2, 0.25) is 5.91 Å². The van der Waals surface area contributed by atoms with Crippen molar-refractivity contribution in [2.45, 2.75) is 38.8 Å². The summed E-state index contributed by atoms with van der Waals surface area (Å²) in [4.78, 5) is 16.9. The Hall–Kier alpha value is -1.81. The zero-order valence-electron chi connectivity index (χ0n) is 14.3. The Morgan fingerprint density at radius 3 is 2.70 bits per heavy atom. The molecular weight excluding hydrogens is 288 g/mol. The molecule has 0 aromatic heterocycles. The van der Waals surface area contributed by atoms with Gasteiger partial charge in [0.05, 0.1) is 13.2 Å². The largest absolute Gasteiger partial charge is 0.497 e. The average Bonchev–Trinajstić information content (AvgIpc) is 2.97. The first-order chi connectivity index (χ1) is 11.1. The zero-order valence-corrected chi connectivity index (χ0v) is 14.3. The van der Waals surface area contributed by atoms with Crippen molar-refractivity contribution in [2.24, 2.45) is 0 Å². The molecule has 1 fully saturated rings. The van der Waals surface area contributed by atoms with Gasteiger partial charge in [0.25, 0.3) is 0 Å². The summed E-state index contributed by atoms with van der Waals surface area (Å²) in [6.07, 6.45) is 4.21. The number of hydrogen-bond donors (Lipinski definition) is 0. The molecule has 0 aliphatic carbocycles. The summed E-state index contributed by atoms with van der Waals surface area (Å²) in [6, 6.07) is 8.59. The lowest BCUT2D eigenvalue weighted by Crippen LogP contribution is -2.45. The summed E-state index contributed by atoms with van der Waals surface area (Å²) in [7, 11) is 1.70. The molecule has 3 rings (SSSR count). The molecule has 1 amide bonds. The Morgan fingerprint density at radius 1 is 1.26 bits per heavy atom. The minimum absolute atomic E-state index is 0.0699. The first kappa shape index (κ1) is 16.1. The van der Waals surface area contributed by atoms with Crippen LogP contribution >= 0.6 is 0 Å². The second-order valence-corrected chi connectivity index (χ2v) is 6.64. The highest BCUT2D eigenvalue weighted by Gasteiger charge is 2.37. The second kappa shape index (κ2) is 6.75. The number of carbonyl (C=O) groups is 1. The smallest absolute Gasteiger partial charge is 0.240 e. The van der Waals surface area contributed by atoms with E-state index in [4.69, 9.17) is 4.74 Å². The van der Waals surface area contributed by atoms with Crippen LogP contribution in [0.1, 0.15) is 32.3 Å². The topological polar surface area (TPSA) is 32.8 Å². The summed E-state index contributed by atoms with van der Waals surface area (Å²) in [5, 5.41) is 0. The van der Waals surface area contributed by atoms with Crippen molar-refractivity contribution >= 4 is 11.5 Å². The third-order valence-electron chi connectivity index (χ3n) is 4.96. The van der Waals surface area contributed by atoms with Gasteiger partial charge in [-0.15, -0.1) is 0 Å². The van der Waals surface area contributed by atoms with E-state index in [2.05, 4.69) is 37.0 Å². The van der Waals surface area contributed by atoms with Gasteiger partial charge in [0.1, 0.15) is 5.75 Å². The molecule has 0 saturated carbocycles. The van der Waals surface area contributed by atoms with Gasteiger partial charge in [0.15, 0.2) is 0 Å². The SMILES string of the molecule is COc1cccc(C2=CCN([C@@H]3CCN(C(C)C)C3=O)CC2)c1. The molecule has 23 heavy (non-hydrogen) atoms. The third kappa shape index (κ3) is 3.27. The molecule has 4 nitrogen and oxygen atoms in total. The predicted octanol–water partition coefficient (Wildman–Crippen LogP) is 2.79. The van der Waals surface area contributed by atoms with Gasteiger partial charge in [-0.1, -0.05) is 18.2 Å². The lowest BCUT2D eigenvalue weighted by molar-refractivity contribution is -0.133. The zero-order chi connectivity index (χ0) is 16.4. The molecular formula is C19H26N2O2. The normalized spacial score (nSPS) is 22.6. The Labute approximate surface area is 138 Å². The van der Waals surface area contributed by atoms with E-state index in [-0.39, 0.29) is 6.04 Å². The van der Waals surface area contributed by atoms with Crippen LogP contribution in [0, 0.1) is 0 Å². The summed E-state index contributed by atoms with van der Waals surface area (Å²) in [6.45, 7) is 6.89. The Balaban J connectivity index is 1.68. The summed E-state index contributed by atoms with van der Waals surface area (Å²) < 4.78 is 5.31. The van der Waals surface area contributed by atoms with Crippen LogP contribution in [-0.2, 0) is 4.79 Å². The van der Waals surface area contributed by atoms with Crippen molar-refractivity contribution in [1.29, 1.82) is 0 Å². The minimum atomic E-state index is 0.0699. The summed E-state index contributed by atoms with van der Waals surface area (Å²) >= 11 is 0. The van der Waals surface area contributed by atoms with Crippen LogP contribution in [0.2, 0.25) is 0 Å². The Bertz CT molecular complexity index is 609. The maximum atomic E-state index is 12.5. The Morgan fingerprint density at radius 2 is 2.09 bits per heavy atom. The molecule has 1 atom stereocenters. The van der Waals surface area contributed by atoms with Gasteiger partial charge in [-0.2, -0.15) is 0 Å². The van der Waals surface area contributed by atoms with Crippen molar-refractivity contribution in [3.8, 4) is 5.75 Å². The van der Waals surface area contributed by atoms with Crippen LogP contribution in [0.15, 0.2) is 30.3 Å². The van der Waals surface area contributed by atoms with Gasteiger partial charge in [0, 0.05) is 25.7 Å². The standard InChI is InChI=1S/C19H26N2O2/c1-14(2)21-12-9-18(19(21)22)20-10-7-15(8-11-20)16-5-4-6-17(13-16)23-3/h4-7,13-14,18H,8-12H2,1-3H3/t18-/m1/s1. The van der Waals surface area contributed by atoms with Crippen LogP contribution in [0.5, 0.6) is 5.75 Å². The molecule has 0 N–H and O–H groups in total. The van der Waals surface area contributed by atoms with E-state index in [9.17, 15) is 4.79 Å². The average molecular weight is 314 g/mol. The number of rotatable bonds is 4. The molecule has 0 unspecified atom stereocenters. The fourth-order valence-corrected chi connectivity index (χ4v) is 3.59. The molecule has 1 aromatic carbocycles. The fraction of sp³-hybridized carbons (Fsp3) is 0.526. The first-order valence-electron chi connectivity index (χ1n) is 8.48. The minimum Gasteiger partial charge on any atom is -0.497 e. The van der Waals surface area contributed by atoms with Crippen LogP contribution < -0.4 is 4.74 Å². The number of likely N-dealkylation sites (tertiary alicyclic amines) is 1. The van der Waals surface area contributed by atoms with E-state index in [1.165, 1.54) is 11.1 Å². The molecule has 2 aliphatic heterocycles. The highest BCUT2D eigenvalue weighted by molar-refractivity contribution is 5.84. The van der Waals surface area contributed by atoms with Crippen molar-refractivity contribution in [3.05, 3.63) is 35.9 Å². The predicted molar refractivity (Wildman–Crippen MR) is 92.4 cm³/mol. The lowest BCUT2D eigenvalue weighted by Gasteiger charge is -2.31. The number of amides is 1. The van der Waals surface area contributed by atoms with Gasteiger partial charge >= 0.3 is 0 Å². The maximum absolute atomic E-state index is 12.5. The lowest BCUT2D eigenvalue weighted by atomic mass is 9.98. The highest BCUT2D eigenvalue weighted by Crippen LogP contribution is 2.28. The third-order valence-corrected chi connectivity index (χ3v) is 4.96. The number of hydrogen-bond acceptors (Lipinski definition) is 3. The molecule has 2 aliphatic rings. The van der Waals surface area contributed by atoms with Gasteiger partial charge in [-0.05, 0) is 50.0 Å². The van der Waals surface area contributed by atoms with Gasteiger partial charge < -0.3 is 9.64 Å². The Kier molecular flexibility index (Phi) is 4.71. The van der Waals surface area contributed by atoms with Gasteiger partial charge in [-0.25, -0.2) is 0 Å². The fourth-order valence-electron chi connectivity index (χ4n) is 3.59. The van der Waals surface area contributed by atoms with Crippen LogP contribution in [0.25, 0.3) is 5.57 Å². The van der Waals surface area contributed by atoms with Crippen LogP contribution in [0.3, 0.4) is 0 Å². The van der Waals surface area contributed by atoms with E-state index in [0.29, 0.717) is 11.9 Å². The van der Waals surface area contributed by atoms with E-state index >= 15 is 0 Å². The monoisotopic (exact) mass is 314 g/mol. The van der Waals surface area contributed by atoms with Crippen LogP contribution in [-0.4, -0.2) is 54.5 Å². The molecule has 124 valence electrons. The molecule has 0 bridgehead atoms. The van der Waals surface area contributed by atoms with E-state index in [1.54, 1.807) is 7.11 Å². The summed E-state index contributed by atoms with van der Waals surface area (Å²) in [5.74, 6) is 1.20. The number of carbonyl (C=O) groups excluding carboxylic acids is 1. The molecule has 2 heterocycles. The maximum Gasteiger partial charge on any atom is 0.240 e. The number of ether oxygens (including phenoxy) is 1. The molecule has 0 radical (unpaired) electrons. The highest BCUT2D eigenvalue weighted by atomic mass is 16.5. The van der Waals surface area contributed by atoms with Gasteiger partial charge in [-0.3, -0.25) is 9.69 Å².